The van der Waals surface area contributed by atoms with Crippen LogP contribution in [0.25, 0.3) is 0 Å². The molecule has 6 nitrogen and oxygen atoms in total. The number of hydrogen-bond acceptors (Lipinski definition) is 6. The van der Waals surface area contributed by atoms with Crippen LogP contribution in [0, 0.1) is 0 Å². The van der Waals surface area contributed by atoms with Gasteiger partial charge in [-0.15, -0.1) is 0 Å². The Morgan fingerprint density at radius 2 is 1.78 bits per heavy atom. The van der Waals surface area contributed by atoms with Crippen molar-refractivity contribution in [3.05, 3.63) is 53.1 Å². The zero-order valence-electron chi connectivity index (χ0n) is 16.0. The molecule has 144 valence electrons. The van der Waals surface area contributed by atoms with Crippen LogP contribution in [0.3, 0.4) is 0 Å². The molecule has 6 heteroatoms. The summed E-state index contributed by atoms with van der Waals surface area (Å²) in [7, 11) is 6.25. The Bertz CT molecular complexity index is 816. The maximum atomic E-state index is 12.0. The van der Waals surface area contributed by atoms with E-state index in [2.05, 4.69) is 0 Å². The van der Waals surface area contributed by atoms with Gasteiger partial charge >= 0.3 is 5.97 Å². The van der Waals surface area contributed by atoms with Crippen LogP contribution >= 0.6 is 0 Å². The lowest BCUT2D eigenvalue weighted by molar-refractivity contribution is -0.144. The predicted molar refractivity (Wildman–Crippen MR) is 99.6 cm³/mol. The van der Waals surface area contributed by atoms with Crippen molar-refractivity contribution in [3.63, 3.8) is 0 Å². The van der Waals surface area contributed by atoms with Crippen LogP contribution in [0.2, 0.25) is 0 Å². The van der Waals surface area contributed by atoms with Crippen LogP contribution in [0.15, 0.2) is 36.4 Å². The minimum atomic E-state index is -0.391. The summed E-state index contributed by atoms with van der Waals surface area (Å²) < 4.78 is 27.5. The molecule has 1 aliphatic heterocycles. The summed E-state index contributed by atoms with van der Waals surface area (Å²) in [5, 5.41) is 0. The Hall–Kier alpha value is -2.73. The first-order valence-corrected chi connectivity index (χ1v) is 8.69. The van der Waals surface area contributed by atoms with Crippen LogP contribution in [0.4, 0.5) is 0 Å². The second-order valence-electron chi connectivity index (χ2n) is 6.24. The van der Waals surface area contributed by atoms with Gasteiger partial charge < -0.3 is 23.7 Å². The number of carbonyl (C=O) groups excluding carboxylic acids is 1. The van der Waals surface area contributed by atoms with Gasteiger partial charge in [0.2, 0.25) is 0 Å². The molecule has 2 atom stereocenters. The number of methoxy groups -OCH3 is 4. The molecule has 1 aliphatic rings. The Morgan fingerprint density at radius 3 is 2.44 bits per heavy atom. The average molecular weight is 372 g/mol. The van der Waals surface area contributed by atoms with Crippen LogP contribution in [-0.4, -0.2) is 40.5 Å². The number of benzene rings is 2. The number of esters is 1. The van der Waals surface area contributed by atoms with Crippen molar-refractivity contribution in [1.29, 1.82) is 0 Å². The second-order valence-corrected chi connectivity index (χ2v) is 6.24. The summed E-state index contributed by atoms with van der Waals surface area (Å²) >= 11 is 0. The average Bonchev–Trinajstić information content (AvgIpc) is 2.72. The summed E-state index contributed by atoms with van der Waals surface area (Å²) in [5.41, 5.74) is 2.90. The van der Waals surface area contributed by atoms with Gasteiger partial charge in [0.25, 0.3) is 0 Å². The number of rotatable bonds is 6. The highest BCUT2D eigenvalue weighted by atomic mass is 16.5. The van der Waals surface area contributed by atoms with E-state index in [1.807, 2.05) is 36.4 Å². The maximum Gasteiger partial charge on any atom is 0.308 e. The Labute approximate surface area is 158 Å². The zero-order chi connectivity index (χ0) is 19.4. The first-order chi connectivity index (χ1) is 13.1. The summed E-state index contributed by atoms with van der Waals surface area (Å²) in [5.74, 6) is 1.62. The van der Waals surface area contributed by atoms with Gasteiger partial charge in [0.1, 0.15) is 17.2 Å². The van der Waals surface area contributed by atoms with E-state index in [4.69, 9.17) is 23.7 Å². The van der Waals surface area contributed by atoms with Crippen molar-refractivity contribution in [2.24, 2.45) is 0 Å². The van der Waals surface area contributed by atoms with Crippen LogP contribution in [0.1, 0.15) is 29.0 Å². The molecular formula is C21H24O6. The lowest BCUT2D eigenvalue weighted by atomic mass is 9.80. The van der Waals surface area contributed by atoms with E-state index >= 15 is 0 Å². The van der Waals surface area contributed by atoms with Gasteiger partial charge in [0.15, 0.2) is 0 Å². The van der Waals surface area contributed by atoms with Gasteiger partial charge in [-0.25, -0.2) is 0 Å². The van der Waals surface area contributed by atoms with Crippen LogP contribution in [0.5, 0.6) is 17.2 Å². The standard InChI is InChI=1S/C21H24O6/c1-23-13-8-9-18(25-3)15(10-13)21-14-6-5-7-17(24-2)16(14)12-27-19(21)11-20(22)26-4/h5-10,19,21H,11-12H2,1-4H3. The summed E-state index contributed by atoms with van der Waals surface area (Å²) in [6, 6.07) is 11.5. The molecule has 1 heterocycles. The minimum Gasteiger partial charge on any atom is -0.497 e. The number of hydrogen-bond donors (Lipinski definition) is 0. The van der Waals surface area contributed by atoms with Crippen molar-refractivity contribution in [2.75, 3.05) is 28.4 Å². The van der Waals surface area contributed by atoms with E-state index in [1.54, 1.807) is 21.3 Å². The summed E-state index contributed by atoms with van der Waals surface area (Å²) in [6.45, 7) is 0.365. The van der Waals surface area contributed by atoms with E-state index in [-0.39, 0.29) is 18.3 Å². The topological polar surface area (TPSA) is 63.2 Å². The van der Waals surface area contributed by atoms with E-state index < -0.39 is 6.10 Å². The molecule has 2 aromatic carbocycles. The molecule has 0 aromatic heterocycles. The van der Waals surface area contributed by atoms with Gasteiger partial charge in [-0.3, -0.25) is 4.79 Å². The monoisotopic (exact) mass is 372 g/mol. The highest BCUT2D eigenvalue weighted by Crippen LogP contribution is 2.45. The third-order valence-corrected chi connectivity index (χ3v) is 4.91. The van der Waals surface area contributed by atoms with E-state index in [9.17, 15) is 4.79 Å². The normalized spacial score (nSPS) is 18.4. The van der Waals surface area contributed by atoms with Gasteiger partial charge in [-0.2, -0.15) is 0 Å². The molecule has 0 spiro atoms. The number of fused-ring (bicyclic) bond motifs is 1. The molecule has 0 fully saturated rings. The number of ether oxygens (including phenoxy) is 5. The third-order valence-electron chi connectivity index (χ3n) is 4.91. The van der Waals surface area contributed by atoms with E-state index in [0.717, 1.165) is 22.4 Å². The van der Waals surface area contributed by atoms with Crippen molar-refractivity contribution < 1.29 is 28.5 Å². The zero-order valence-corrected chi connectivity index (χ0v) is 16.0. The fourth-order valence-electron chi connectivity index (χ4n) is 3.58. The molecule has 0 bridgehead atoms. The largest absolute Gasteiger partial charge is 0.497 e. The molecular weight excluding hydrogens is 348 g/mol. The lowest BCUT2D eigenvalue weighted by Crippen LogP contribution is -2.32. The first-order valence-electron chi connectivity index (χ1n) is 8.69. The fraction of sp³-hybridized carbons (Fsp3) is 0.381. The van der Waals surface area contributed by atoms with Crippen LogP contribution in [-0.2, 0) is 20.9 Å². The molecule has 27 heavy (non-hydrogen) atoms. The minimum absolute atomic E-state index is 0.137. The van der Waals surface area contributed by atoms with Crippen LogP contribution < -0.4 is 14.2 Å². The predicted octanol–water partition coefficient (Wildman–Crippen LogP) is 3.31. The lowest BCUT2D eigenvalue weighted by Gasteiger charge is -2.35. The Kier molecular flexibility index (Phi) is 5.86. The molecule has 2 aromatic rings. The van der Waals surface area contributed by atoms with Crippen molar-refractivity contribution in [1.82, 2.24) is 0 Å². The molecule has 3 rings (SSSR count). The van der Waals surface area contributed by atoms with Crippen molar-refractivity contribution in [2.45, 2.75) is 25.0 Å². The molecule has 0 radical (unpaired) electrons. The molecule has 2 unspecified atom stereocenters. The van der Waals surface area contributed by atoms with Gasteiger partial charge in [-0.05, 0) is 29.8 Å². The highest BCUT2D eigenvalue weighted by Gasteiger charge is 2.36. The first kappa shape index (κ1) is 19.0. The van der Waals surface area contributed by atoms with Gasteiger partial charge in [0.05, 0.1) is 47.6 Å². The van der Waals surface area contributed by atoms with E-state index in [0.29, 0.717) is 18.1 Å². The molecule has 0 saturated carbocycles. The Balaban J connectivity index is 2.16. The molecule has 0 aliphatic carbocycles. The van der Waals surface area contributed by atoms with Crippen molar-refractivity contribution in [3.8, 4) is 17.2 Å². The SMILES string of the molecule is COC(=O)CC1OCc2c(OC)cccc2C1c1cc(OC)ccc1OC. The summed E-state index contributed by atoms with van der Waals surface area (Å²) in [6.07, 6.45) is -0.254. The number of carbonyl (C=O) groups is 1. The molecule has 0 N–H and O–H groups in total. The quantitative estimate of drug-likeness (QED) is 0.725. The Morgan fingerprint density at radius 1 is 1.00 bits per heavy atom. The maximum absolute atomic E-state index is 12.0. The van der Waals surface area contributed by atoms with E-state index in [1.165, 1.54) is 7.11 Å². The third kappa shape index (κ3) is 3.71. The smallest absolute Gasteiger partial charge is 0.308 e. The van der Waals surface area contributed by atoms with Crippen molar-refractivity contribution >= 4 is 5.97 Å². The van der Waals surface area contributed by atoms with Gasteiger partial charge in [-0.1, -0.05) is 12.1 Å². The van der Waals surface area contributed by atoms with Gasteiger partial charge in [0, 0.05) is 17.0 Å². The second kappa shape index (κ2) is 8.31. The highest BCUT2D eigenvalue weighted by molar-refractivity contribution is 5.70. The molecule has 0 saturated heterocycles. The fourth-order valence-corrected chi connectivity index (χ4v) is 3.58. The summed E-state index contributed by atoms with van der Waals surface area (Å²) in [4.78, 5) is 12.0. The molecule has 0 amide bonds.